The van der Waals surface area contributed by atoms with Gasteiger partial charge in [0.2, 0.25) is 5.91 Å². The third-order valence-electron chi connectivity index (χ3n) is 4.24. The Morgan fingerprint density at radius 1 is 1.12 bits per heavy atom. The Hall–Kier alpha value is -2.07. The number of amides is 1. The molecule has 1 aliphatic rings. The molecule has 5 heteroatoms. The highest BCUT2D eigenvalue weighted by Gasteiger charge is 2.32. The number of hydrogen-bond donors (Lipinski definition) is 1. The average molecular weight is 349 g/mol. The van der Waals surface area contributed by atoms with Crippen molar-refractivity contribution in [3.8, 4) is 0 Å². The Bertz CT molecular complexity index is 686. The number of para-hydroxylation sites is 1. The zero-order valence-electron chi connectivity index (χ0n) is 13.5. The molecular formula is C19H22ClFN2O. The van der Waals surface area contributed by atoms with E-state index in [4.69, 9.17) is 5.73 Å². The lowest BCUT2D eigenvalue weighted by Gasteiger charge is -2.23. The number of nitrogens with two attached hydrogens (primary N) is 1. The van der Waals surface area contributed by atoms with Crippen LogP contribution in [0.1, 0.15) is 30.4 Å². The standard InChI is InChI=1S/C19H21FN2O.ClH/c20-16-8-5-14(6-9-16)13-22(17-10-11-17)19(23)12-7-15-3-1-2-4-18(15)21;/h1-6,8-9,17H,7,10-13,21H2;1H. The fourth-order valence-electron chi connectivity index (χ4n) is 2.74. The van der Waals surface area contributed by atoms with Gasteiger partial charge in [-0.15, -0.1) is 12.4 Å². The van der Waals surface area contributed by atoms with Crippen molar-refractivity contribution in [1.82, 2.24) is 4.90 Å². The molecule has 1 fully saturated rings. The Labute approximate surface area is 148 Å². The number of aryl methyl sites for hydroxylation is 1. The molecular weight excluding hydrogens is 327 g/mol. The van der Waals surface area contributed by atoms with Gasteiger partial charge in [0.15, 0.2) is 0 Å². The lowest BCUT2D eigenvalue weighted by atomic mass is 10.1. The van der Waals surface area contributed by atoms with E-state index in [2.05, 4.69) is 0 Å². The van der Waals surface area contributed by atoms with Crippen molar-refractivity contribution in [3.63, 3.8) is 0 Å². The van der Waals surface area contributed by atoms with E-state index in [0.717, 1.165) is 29.7 Å². The maximum atomic E-state index is 13.0. The summed E-state index contributed by atoms with van der Waals surface area (Å²) in [5.74, 6) is -0.113. The van der Waals surface area contributed by atoms with Crippen molar-refractivity contribution in [2.45, 2.75) is 38.3 Å². The third-order valence-corrected chi connectivity index (χ3v) is 4.24. The number of hydrogen-bond acceptors (Lipinski definition) is 2. The highest BCUT2D eigenvalue weighted by Crippen LogP contribution is 2.29. The van der Waals surface area contributed by atoms with Crippen LogP contribution in [0.3, 0.4) is 0 Å². The largest absolute Gasteiger partial charge is 0.399 e. The number of carbonyl (C=O) groups excluding carboxylic acids is 1. The van der Waals surface area contributed by atoms with Crippen molar-refractivity contribution < 1.29 is 9.18 Å². The molecule has 3 rings (SSSR count). The Morgan fingerprint density at radius 2 is 1.79 bits per heavy atom. The fourth-order valence-corrected chi connectivity index (χ4v) is 2.74. The maximum absolute atomic E-state index is 13.0. The molecule has 0 atom stereocenters. The van der Waals surface area contributed by atoms with Crippen molar-refractivity contribution in [3.05, 3.63) is 65.5 Å². The van der Waals surface area contributed by atoms with Crippen LogP contribution in [0.5, 0.6) is 0 Å². The number of nitrogens with zero attached hydrogens (tertiary/aromatic N) is 1. The molecule has 2 N–H and O–H groups in total. The molecule has 0 bridgehead atoms. The number of carbonyl (C=O) groups is 1. The van der Waals surface area contributed by atoms with E-state index < -0.39 is 0 Å². The minimum atomic E-state index is -0.252. The van der Waals surface area contributed by atoms with Crippen LogP contribution in [0.25, 0.3) is 0 Å². The molecule has 0 unspecified atom stereocenters. The smallest absolute Gasteiger partial charge is 0.223 e. The molecule has 0 radical (unpaired) electrons. The van der Waals surface area contributed by atoms with Crippen molar-refractivity contribution in [2.75, 3.05) is 5.73 Å². The van der Waals surface area contributed by atoms with Crippen molar-refractivity contribution in [1.29, 1.82) is 0 Å². The topological polar surface area (TPSA) is 46.3 Å². The lowest BCUT2D eigenvalue weighted by Crippen LogP contribution is -2.32. The normalized spacial score (nSPS) is 13.2. The van der Waals surface area contributed by atoms with Gasteiger partial charge in [-0.2, -0.15) is 0 Å². The van der Waals surface area contributed by atoms with Crippen LogP contribution in [0.4, 0.5) is 10.1 Å². The zero-order valence-corrected chi connectivity index (χ0v) is 14.3. The van der Waals surface area contributed by atoms with Gasteiger partial charge >= 0.3 is 0 Å². The minimum Gasteiger partial charge on any atom is -0.399 e. The average Bonchev–Trinajstić information content (AvgIpc) is 3.38. The van der Waals surface area contributed by atoms with Crippen LogP contribution in [0, 0.1) is 5.82 Å². The van der Waals surface area contributed by atoms with Gasteiger partial charge in [-0.1, -0.05) is 30.3 Å². The predicted molar refractivity (Wildman–Crippen MR) is 96.4 cm³/mol. The molecule has 1 aliphatic carbocycles. The second-order valence-electron chi connectivity index (χ2n) is 6.08. The summed E-state index contributed by atoms with van der Waals surface area (Å²) in [6.07, 6.45) is 3.21. The first kappa shape index (κ1) is 18.3. The number of benzene rings is 2. The molecule has 0 saturated heterocycles. The van der Waals surface area contributed by atoms with E-state index >= 15 is 0 Å². The first-order chi connectivity index (χ1) is 11.1. The Balaban J connectivity index is 0.00000208. The van der Waals surface area contributed by atoms with E-state index in [9.17, 15) is 9.18 Å². The summed E-state index contributed by atoms with van der Waals surface area (Å²) in [7, 11) is 0. The molecule has 1 saturated carbocycles. The molecule has 0 spiro atoms. The lowest BCUT2D eigenvalue weighted by molar-refractivity contribution is -0.132. The zero-order chi connectivity index (χ0) is 16.2. The third kappa shape index (κ3) is 4.71. The fraction of sp³-hybridized carbons (Fsp3) is 0.316. The van der Waals surface area contributed by atoms with Crippen molar-refractivity contribution in [2.24, 2.45) is 0 Å². The molecule has 128 valence electrons. The van der Waals surface area contributed by atoms with E-state index in [1.54, 1.807) is 12.1 Å². The van der Waals surface area contributed by atoms with Crippen LogP contribution < -0.4 is 5.73 Å². The first-order valence-corrected chi connectivity index (χ1v) is 8.01. The number of nitrogen functional groups attached to an aromatic ring is 1. The molecule has 0 heterocycles. The second kappa shape index (κ2) is 8.15. The van der Waals surface area contributed by atoms with Crippen LogP contribution in [-0.4, -0.2) is 16.8 Å². The summed E-state index contributed by atoms with van der Waals surface area (Å²) in [4.78, 5) is 14.5. The summed E-state index contributed by atoms with van der Waals surface area (Å²) in [6.45, 7) is 0.550. The van der Waals surface area contributed by atoms with Gasteiger partial charge in [0, 0.05) is 24.7 Å². The summed E-state index contributed by atoms with van der Waals surface area (Å²) in [5.41, 5.74) is 8.64. The maximum Gasteiger partial charge on any atom is 0.223 e. The Morgan fingerprint density at radius 3 is 2.42 bits per heavy atom. The summed E-state index contributed by atoms with van der Waals surface area (Å²) in [6, 6.07) is 14.4. The molecule has 2 aromatic rings. The van der Waals surface area contributed by atoms with Gasteiger partial charge < -0.3 is 10.6 Å². The minimum absolute atomic E-state index is 0. The number of rotatable bonds is 6. The van der Waals surface area contributed by atoms with Crippen LogP contribution >= 0.6 is 12.4 Å². The Kier molecular flexibility index (Phi) is 6.21. The molecule has 0 aromatic heterocycles. The van der Waals surface area contributed by atoms with Crippen LogP contribution in [-0.2, 0) is 17.8 Å². The van der Waals surface area contributed by atoms with E-state index in [-0.39, 0.29) is 24.1 Å². The monoisotopic (exact) mass is 348 g/mol. The van der Waals surface area contributed by atoms with Gasteiger partial charge in [-0.3, -0.25) is 4.79 Å². The second-order valence-corrected chi connectivity index (χ2v) is 6.08. The summed E-state index contributed by atoms with van der Waals surface area (Å²) < 4.78 is 13.0. The van der Waals surface area contributed by atoms with E-state index in [1.807, 2.05) is 29.2 Å². The SMILES string of the molecule is Cl.Nc1ccccc1CCC(=O)N(Cc1ccc(F)cc1)C1CC1. The van der Waals surface area contributed by atoms with Gasteiger partial charge in [0.25, 0.3) is 0 Å². The highest BCUT2D eigenvalue weighted by atomic mass is 35.5. The predicted octanol–water partition coefficient (Wildman–Crippen LogP) is 3.95. The molecule has 0 aliphatic heterocycles. The first-order valence-electron chi connectivity index (χ1n) is 8.01. The number of halogens is 2. The molecule has 1 amide bonds. The number of anilines is 1. The van der Waals surface area contributed by atoms with Crippen molar-refractivity contribution >= 4 is 24.0 Å². The summed E-state index contributed by atoms with van der Waals surface area (Å²) in [5, 5.41) is 0. The highest BCUT2D eigenvalue weighted by molar-refractivity contribution is 5.85. The van der Waals surface area contributed by atoms with Gasteiger partial charge in [0.1, 0.15) is 5.82 Å². The van der Waals surface area contributed by atoms with Crippen LogP contribution in [0.15, 0.2) is 48.5 Å². The molecule has 24 heavy (non-hydrogen) atoms. The van der Waals surface area contributed by atoms with Gasteiger partial charge in [-0.05, 0) is 48.6 Å². The summed E-state index contributed by atoms with van der Waals surface area (Å²) >= 11 is 0. The molecule has 2 aromatic carbocycles. The quantitative estimate of drug-likeness (QED) is 0.803. The van der Waals surface area contributed by atoms with E-state index in [0.29, 0.717) is 25.4 Å². The van der Waals surface area contributed by atoms with Gasteiger partial charge in [0.05, 0.1) is 0 Å². The van der Waals surface area contributed by atoms with E-state index in [1.165, 1.54) is 12.1 Å². The molecule has 3 nitrogen and oxygen atoms in total. The van der Waals surface area contributed by atoms with Gasteiger partial charge in [-0.25, -0.2) is 4.39 Å². The van der Waals surface area contributed by atoms with Crippen LogP contribution in [0.2, 0.25) is 0 Å².